The van der Waals surface area contributed by atoms with Gasteiger partial charge in [-0.15, -0.1) is 0 Å². The van der Waals surface area contributed by atoms with E-state index in [1.54, 1.807) is 24.3 Å². The summed E-state index contributed by atoms with van der Waals surface area (Å²) in [7, 11) is 0. The van der Waals surface area contributed by atoms with Crippen LogP contribution in [0.4, 0.5) is 4.79 Å². The molecule has 3 N–H and O–H groups in total. The molecule has 1 amide bonds. The standard InChI is InChI=1S/C7H7ClN2OS/c8-5-1-3-6(4-2-5)12-7(11)10-9/h1-4H,9H2,(H,10,11). The van der Waals surface area contributed by atoms with Gasteiger partial charge in [0.2, 0.25) is 0 Å². The SMILES string of the molecule is NNC(=O)Sc1ccc(Cl)cc1. The summed E-state index contributed by atoms with van der Waals surface area (Å²) in [6, 6.07) is 6.94. The highest BCUT2D eigenvalue weighted by Gasteiger charge is 2.00. The van der Waals surface area contributed by atoms with Crippen molar-refractivity contribution in [2.45, 2.75) is 4.90 Å². The van der Waals surface area contributed by atoms with Crippen molar-refractivity contribution in [3.63, 3.8) is 0 Å². The molecule has 5 heteroatoms. The fraction of sp³-hybridized carbons (Fsp3) is 0. The van der Waals surface area contributed by atoms with Crippen LogP contribution in [0.15, 0.2) is 29.2 Å². The van der Waals surface area contributed by atoms with E-state index in [1.807, 2.05) is 5.43 Å². The molecule has 0 unspecified atom stereocenters. The highest BCUT2D eigenvalue weighted by Crippen LogP contribution is 2.20. The van der Waals surface area contributed by atoms with Crippen molar-refractivity contribution in [1.29, 1.82) is 0 Å². The summed E-state index contributed by atoms with van der Waals surface area (Å²) in [6.07, 6.45) is 0. The molecule has 1 aromatic rings. The van der Waals surface area contributed by atoms with Gasteiger partial charge in [-0.3, -0.25) is 10.2 Å². The number of thioether (sulfide) groups is 1. The third-order valence-electron chi connectivity index (χ3n) is 1.14. The number of nitrogens with two attached hydrogens (primary N) is 1. The molecule has 0 spiro atoms. The summed E-state index contributed by atoms with van der Waals surface area (Å²) >= 11 is 6.67. The smallest absolute Gasteiger partial charge is 0.285 e. The van der Waals surface area contributed by atoms with Gasteiger partial charge in [0.25, 0.3) is 5.24 Å². The van der Waals surface area contributed by atoms with Gasteiger partial charge in [-0.05, 0) is 36.0 Å². The first kappa shape index (κ1) is 9.38. The highest BCUT2D eigenvalue weighted by molar-refractivity contribution is 8.13. The van der Waals surface area contributed by atoms with Crippen LogP contribution in [0.2, 0.25) is 5.02 Å². The Balaban J connectivity index is 2.64. The molecular weight excluding hydrogens is 196 g/mol. The Morgan fingerprint density at radius 3 is 2.50 bits per heavy atom. The third kappa shape index (κ3) is 2.73. The first-order valence-electron chi connectivity index (χ1n) is 3.16. The van der Waals surface area contributed by atoms with Crippen LogP contribution in [0.25, 0.3) is 0 Å². The van der Waals surface area contributed by atoms with Gasteiger partial charge in [0.1, 0.15) is 0 Å². The van der Waals surface area contributed by atoms with E-state index in [0.717, 1.165) is 16.7 Å². The Hall–Kier alpha value is -0.710. The molecule has 0 saturated carbocycles. The topological polar surface area (TPSA) is 55.1 Å². The third-order valence-corrected chi connectivity index (χ3v) is 2.21. The first-order chi connectivity index (χ1) is 5.72. The molecule has 0 radical (unpaired) electrons. The maximum Gasteiger partial charge on any atom is 0.297 e. The van der Waals surface area contributed by atoms with Gasteiger partial charge in [0.05, 0.1) is 0 Å². The summed E-state index contributed by atoms with van der Waals surface area (Å²) in [5, 5.41) is 0.352. The summed E-state index contributed by atoms with van der Waals surface area (Å²) in [6.45, 7) is 0. The zero-order chi connectivity index (χ0) is 8.97. The lowest BCUT2D eigenvalue weighted by Crippen LogP contribution is -2.25. The van der Waals surface area contributed by atoms with E-state index in [0.29, 0.717) is 5.02 Å². The molecule has 64 valence electrons. The van der Waals surface area contributed by atoms with Crippen molar-refractivity contribution >= 4 is 28.6 Å². The zero-order valence-corrected chi connectivity index (χ0v) is 7.65. The van der Waals surface area contributed by atoms with Crippen molar-refractivity contribution in [1.82, 2.24) is 5.43 Å². The van der Waals surface area contributed by atoms with Crippen molar-refractivity contribution in [2.24, 2.45) is 5.84 Å². The van der Waals surface area contributed by atoms with Crippen LogP contribution >= 0.6 is 23.4 Å². The van der Waals surface area contributed by atoms with Gasteiger partial charge < -0.3 is 0 Å². The number of nitrogens with one attached hydrogen (secondary N) is 1. The average molecular weight is 203 g/mol. The number of hydrazine groups is 1. The summed E-state index contributed by atoms with van der Waals surface area (Å²) in [4.78, 5) is 11.6. The van der Waals surface area contributed by atoms with Crippen molar-refractivity contribution < 1.29 is 4.79 Å². The van der Waals surface area contributed by atoms with E-state index in [4.69, 9.17) is 17.4 Å². The molecule has 0 saturated heterocycles. The van der Waals surface area contributed by atoms with Crippen LogP contribution in [0.5, 0.6) is 0 Å². The summed E-state index contributed by atoms with van der Waals surface area (Å²) in [5.41, 5.74) is 2.02. The van der Waals surface area contributed by atoms with E-state index in [1.165, 1.54) is 0 Å². The van der Waals surface area contributed by atoms with Crippen molar-refractivity contribution in [3.8, 4) is 0 Å². The first-order valence-corrected chi connectivity index (χ1v) is 4.36. The number of halogens is 1. The Bertz CT molecular complexity index is 275. The molecule has 12 heavy (non-hydrogen) atoms. The molecule has 0 aliphatic rings. The largest absolute Gasteiger partial charge is 0.297 e. The van der Waals surface area contributed by atoms with E-state index in [2.05, 4.69) is 0 Å². The Kier molecular flexibility index (Phi) is 3.40. The van der Waals surface area contributed by atoms with Gasteiger partial charge in [-0.1, -0.05) is 11.6 Å². The molecule has 0 aliphatic heterocycles. The van der Waals surface area contributed by atoms with Gasteiger partial charge in [0, 0.05) is 9.92 Å². The second-order valence-electron chi connectivity index (χ2n) is 1.99. The second kappa shape index (κ2) is 4.35. The predicted molar refractivity (Wildman–Crippen MR) is 50.0 cm³/mol. The van der Waals surface area contributed by atoms with Gasteiger partial charge in [-0.25, -0.2) is 5.84 Å². The second-order valence-corrected chi connectivity index (χ2v) is 3.47. The Morgan fingerprint density at radius 2 is 2.00 bits per heavy atom. The monoisotopic (exact) mass is 202 g/mol. The van der Waals surface area contributed by atoms with E-state index < -0.39 is 0 Å². The molecule has 0 aromatic heterocycles. The molecule has 0 bridgehead atoms. The maximum atomic E-state index is 10.8. The zero-order valence-electron chi connectivity index (χ0n) is 6.08. The van der Waals surface area contributed by atoms with Crippen molar-refractivity contribution in [3.05, 3.63) is 29.3 Å². The number of benzene rings is 1. The molecule has 0 aliphatic carbocycles. The quantitative estimate of drug-likeness (QED) is 0.317. The lowest BCUT2D eigenvalue weighted by atomic mass is 10.4. The maximum absolute atomic E-state index is 10.8. The molecular formula is C7H7ClN2OS. The number of amides is 1. The number of hydrogen-bond donors (Lipinski definition) is 2. The molecule has 0 heterocycles. The van der Waals surface area contributed by atoms with Crippen LogP contribution in [-0.4, -0.2) is 5.24 Å². The normalized spacial score (nSPS) is 9.50. The average Bonchev–Trinajstić information content (AvgIpc) is 2.09. The number of hydrogen-bond acceptors (Lipinski definition) is 3. The number of carbonyl (C=O) groups excluding carboxylic acids is 1. The van der Waals surface area contributed by atoms with E-state index in [-0.39, 0.29) is 5.24 Å². The van der Waals surface area contributed by atoms with Crippen LogP contribution in [0.1, 0.15) is 0 Å². The van der Waals surface area contributed by atoms with Crippen molar-refractivity contribution in [2.75, 3.05) is 0 Å². The lowest BCUT2D eigenvalue weighted by Gasteiger charge is -1.98. The van der Waals surface area contributed by atoms with Crippen LogP contribution in [0, 0.1) is 0 Å². The Labute approximate surface area is 79.2 Å². The van der Waals surface area contributed by atoms with E-state index in [9.17, 15) is 4.79 Å². The minimum Gasteiger partial charge on any atom is -0.285 e. The van der Waals surface area contributed by atoms with Crippen LogP contribution in [0.3, 0.4) is 0 Å². The predicted octanol–water partition coefficient (Wildman–Crippen LogP) is 2.02. The van der Waals surface area contributed by atoms with Gasteiger partial charge in [0.15, 0.2) is 0 Å². The number of rotatable bonds is 1. The van der Waals surface area contributed by atoms with Gasteiger partial charge in [-0.2, -0.15) is 0 Å². The number of carbonyl (C=O) groups is 1. The van der Waals surface area contributed by atoms with Crippen LogP contribution < -0.4 is 11.3 Å². The van der Waals surface area contributed by atoms with E-state index >= 15 is 0 Å². The molecule has 1 rings (SSSR count). The molecule has 0 fully saturated rings. The lowest BCUT2D eigenvalue weighted by molar-refractivity contribution is 0.261. The molecule has 0 atom stereocenters. The molecule has 3 nitrogen and oxygen atoms in total. The fourth-order valence-electron chi connectivity index (χ4n) is 0.639. The summed E-state index contributed by atoms with van der Waals surface area (Å²) in [5.74, 6) is 4.90. The minimum absolute atomic E-state index is 0.294. The minimum atomic E-state index is -0.294. The highest BCUT2D eigenvalue weighted by atomic mass is 35.5. The fourth-order valence-corrected chi connectivity index (χ4v) is 1.31. The Morgan fingerprint density at radius 1 is 1.42 bits per heavy atom. The van der Waals surface area contributed by atoms with Crippen LogP contribution in [-0.2, 0) is 0 Å². The molecule has 1 aromatic carbocycles. The van der Waals surface area contributed by atoms with Gasteiger partial charge >= 0.3 is 0 Å². The summed E-state index contributed by atoms with van der Waals surface area (Å²) < 4.78 is 0.